The van der Waals surface area contributed by atoms with Crippen LogP contribution in [-0.2, 0) is 6.61 Å². The monoisotopic (exact) mass is 247 g/mol. The van der Waals surface area contributed by atoms with E-state index in [0.717, 1.165) is 5.69 Å². The minimum atomic E-state index is -0.278. The Morgan fingerprint density at radius 2 is 2.00 bits per heavy atom. The van der Waals surface area contributed by atoms with Crippen molar-refractivity contribution in [1.29, 1.82) is 0 Å². The first kappa shape index (κ1) is 12.4. The second-order valence-electron chi connectivity index (χ2n) is 3.75. The van der Waals surface area contributed by atoms with Gasteiger partial charge in [-0.3, -0.25) is 0 Å². The lowest BCUT2D eigenvalue weighted by atomic mass is 10.2. The fraction of sp³-hybridized carbons (Fsp3) is 0.231. The van der Waals surface area contributed by atoms with Gasteiger partial charge in [0.05, 0.1) is 6.61 Å². The maximum atomic E-state index is 12.9. The SMILES string of the molecule is CCN(c1ccc(F)cc1)c1ncncc1CO. The lowest BCUT2D eigenvalue weighted by Crippen LogP contribution is -2.19. The highest BCUT2D eigenvalue weighted by Gasteiger charge is 2.12. The third-order valence-corrected chi connectivity index (χ3v) is 2.64. The molecule has 1 aromatic heterocycles. The zero-order chi connectivity index (χ0) is 13.0. The number of halogens is 1. The van der Waals surface area contributed by atoms with Gasteiger partial charge < -0.3 is 10.0 Å². The molecular formula is C13H14FN3O. The van der Waals surface area contributed by atoms with Crippen LogP contribution in [0.15, 0.2) is 36.8 Å². The van der Waals surface area contributed by atoms with Crippen molar-refractivity contribution in [2.24, 2.45) is 0 Å². The topological polar surface area (TPSA) is 49.2 Å². The van der Waals surface area contributed by atoms with Crippen LogP contribution >= 0.6 is 0 Å². The smallest absolute Gasteiger partial charge is 0.141 e. The van der Waals surface area contributed by atoms with Gasteiger partial charge in [0.25, 0.3) is 0 Å². The molecule has 0 amide bonds. The summed E-state index contributed by atoms with van der Waals surface area (Å²) in [6, 6.07) is 6.17. The number of aromatic nitrogens is 2. The van der Waals surface area contributed by atoms with Crippen LogP contribution in [0.25, 0.3) is 0 Å². The first-order valence-electron chi connectivity index (χ1n) is 5.69. The van der Waals surface area contributed by atoms with Crippen molar-refractivity contribution >= 4 is 11.5 Å². The lowest BCUT2D eigenvalue weighted by Gasteiger charge is -2.23. The van der Waals surface area contributed by atoms with Crippen LogP contribution in [0.4, 0.5) is 15.9 Å². The van der Waals surface area contributed by atoms with Gasteiger partial charge in [0.15, 0.2) is 0 Å². The normalized spacial score (nSPS) is 10.4. The first-order valence-corrected chi connectivity index (χ1v) is 5.69. The fourth-order valence-electron chi connectivity index (χ4n) is 1.78. The number of aliphatic hydroxyl groups excluding tert-OH is 1. The minimum absolute atomic E-state index is 0.131. The molecule has 0 atom stereocenters. The van der Waals surface area contributed by atoms with E-state index in [9.17, 15) is 9.50 Å². The second-order valence-corrected chi connectivity index (χ2v) is 3.75. The lowest BCUT2D eigenvalue weighted by molar-refractivity contribution is 0.281. The second kappa shape index (κ2) is 5.55. The van der Waals surface area contributed by atoms with E-state index in [4.69, 9.17) is 0 Å². The molecule has 1 heterocycles. The minimum Gasteiger partial charge on any atom is -0.391 e. The molecule has 2 aromatic rings. The number of aliphatic hydroxyl groups is 1. The Morgan fingerprint density at radius 3 is 2.61 bits per heavy atom. The van der Waals surface area contributed by atoms with E-state index in [0.29, 0.717) is 17.9 Å². The molecular weight excluding hydrogens is 233 g/mol. The Labute approximate surface area is 105 Å². The molecule has 18 heavy (non-hydrogen) atoms. The summed E-state index contributed by atoms with van der Waals surface area (Å²) < 4.78 is 12.9. The number of hydrogen-bond donors (Lipinski definition) is 1. The van der Waals surface area contributed by atoms with E-state index >= 15 is 0 Å². The van der Waals surface area contributed by atoms with Gasteiger partial charge >= 0.3 is 0 Å². The van der Waals surface area contributed by atoms with E-state index in [1.54, 1.807) is 18.3 Å². The predicted octanol–water partition coefficient (Wildman–Crippen LogP) is 2.27. The molecule has 0 aliphatic heterocycles. The van der Waals surface area contributed by atoms with Crippen LogP contribution < -0.4 is 4.90 Å². The molecule has 5 heteroatoms. The molecule has 0 aliphatic carbocycles. The zero-order valence-electron chi connectivity index (χ0n) is 10.0. The van der Waals surface area contributed by atoms with Crippen LogP contribution in [0.3, 0.4) is 0 Å². The standard InChI is InChI=1S/C13H14FN3O/c1-2-17(12-5-3-11(14)4-6-12)13-10(8-18)7-15-9-16-13/h3-7,9,18H,2,8H2,1H3. The molecule has 0 spiro atoms. The number of hydrogen-bond acceptors (Lipinski definition) is 4. The molecule has 0 saturated carbocycles. The molecule has 1 aromatic carbocycles. The third-order valence-electron chi connectivity index (χ3n) is 2.64. The highest BCUT2D eigenvalue weighted by molar-refractivity contribution is 5.62. The summed E-state index contributed by atoms with van der Waals surface area (Å²) in [5, 5.41) is 9.29. The molecule has 2 rings (SSSR count). The van der Waals surface area contributed by atoms with Gasteiger partial charge in [-0.15, -0.1) is 0 Å². The Hall–Kier alpha value is -2.01. The summed E-state index contributed by atoms with van der Waals surface area (Å²) in [4.78, 5) is 9.96. The molecule has 4 nitrogen and oxygen atoms in total. The van der Waals surface area contributed by atoms with Crippen LogP contribution in [-0.4, -0.2) is 21.6 Å². The summed E-state index contributed by atoms with van der Waals surface area (Å²) in [6.45, 7) is 2.50. The van der Waals surface area contributed by atoms with Crippen LogP contribution in [0.1, 0.15) is 12.5 Å². The number of nitrogens with zero attached hydrogens (tertiary/aromatic N) is 3. The van der Waals surface area contributed by atoms with E-state index in [1.165, 1.54) is 18.5 Å². The zero-order valence-corrected chi connectivity index (χ0v) is 10.0. The molecule has 0 bridgehead atoms. The van der Waals surface area contributed by atoms with Gasteiger partial charge in [0.2, 0.25) is 0 Å². The highest BCUT2D eigenvalue weighted by atomic mass is 19.1. The summed E-state index contributed by atoms with van der Waals surface area (Å²) in [7, 11) is 0. The molecule has 0 saturated heterocycles. The van der Waals surface area contributed by atoms with Crippen LogP contribution in [0.5, 0.6) is 0 Å². The maximum Gasteiger partial charge on any atom is 0.141 e. The maximum absolute atomic E-state index is 12.9. The highest BCUT2D eigenvalue weighted by Crippen LogP contribution is 2.25. The molecule has 0 unspecified atom stereocenters. The summed E-state index contributed by atoms with van der Waals surface area (Å²) in [6.07, 6.45) is 3.01. The molecule has 0 fully saturated rings. The van der Waals surface area contributed by atoms with Crippen molar-refractivity contribution in [1.82, 2.24) is 9.97 Å². The molecule has 1 N–H and O–H groups in total. The van der Waals surface area contributed by atoms with Gasteiger partial charge in [0, 0.05) is 24.0 Å². The molecule has 0 radical (unpaired) electrons. The van der Waals surface area contributed by atoms with E-state index in [1.807, 2.05) is 11.8 Å². The van der Waals surface area contributed by atoms with E-state index in [2.05, 4.69) is 9.97 Å². The quantitative estimate of drug-likeness (QED) is 0.900. The largest absolute Gasteiger partial charge is 0.391 e. The first-order chi connectivity index (χ1) is 8.76. The van der Waals surface area contributed by atoms with Gasteiger partial charge in [-0.1, -0.05) is 0 Å². The van der Waals surface area contributed by atoms with E-state index in [-0.39, 0.29) is 12.4 Å². The Bertz CT molecular complexity index is 516. The number of rotatable bonds is 4. The van der Waals surface area contributed by atoms with Gasteiger partial charge in [-0.25, -0.2) is 14.4 Å². The van der Waals surface area contributed by atoms with E-state index < -0.39 is 0 Å². The van der Waals surface area contributed by atoms with Crippen molar-refractivity contribution in [2.45, 2.75) is 13.5 Å². The van der Waals surface area contributed by atoms with Gasteiger partial charge in [-0.05, 0) is 31.2 Å². The van der Waals surface area contributed by atoms with Crippen molar-refractivity contribution in [3.05, 3.63) is 48.2 Å². The Kier molecular flexibility index (Phi) is 3.84. The third kappa shape index (κ3) is 2.46. The predicted molar refractivity (Wildman–Crippen MR) is 67.0 cm³/mol. The number of anilines is 2. The number of benzene rings is 1. The molecule has 94 valence electrons. The molecule has 0 aliphatic rings. The van der Waals surface area contributed by atoms with Crippen molar-refractivity contribution in [3.8, 4) is 0 Å². The average molecular weight is 247 g/mol. The van der Waals surface area contributed by atoms with Crippen LogP contribution in [0.2, 0.25) is 0 Å². The Balaban J connectivity index is 2.41. The van der Waals surface area contributed by atoms with Gasteiger partial charge in [0.1, 0.15) is 18.0 Å². The Morgan fingerprint density at radius 1 is 1.28 bits per heavy atom. The summed E-state index contributed by atoms with van der Waals surface area (Å²) >= 11 is 0. The summed E-state index contributed by atoms with van der Waals surface area (Å²) in [5.41, 5.74) is 1.47. The van der Waals surface area contributed by atoms with Crippen molar-refractivity contribution in [3.63, 3.8) is 0 Å². The van der Waals surface area contributed by atoms with Gasteiger partial charge in [-0.2, -0.15) is 0 Å². The van der Waals surface area contributed by atoms with Crippen LogP contribution in [0, 0.1) is 5.82 Å². The average Bonchev–Trinajstić information content (AvgIpc) is 2.42. The fourth-order valence-corrected chi connectivity index (χ4v) is 1.78. The van der Waals surface area contributed by atoms with Crippen molar-refractivity contribution < 1.29 is 9.50 Å². The summed E-state index contributed by atoms with van der Waals surface area (Å²) in [5.74, 6) is 0.362. The van der Waals surface area contributed by atoms with Crippen molar-refractivity contribution in [2.75, 3.05) is 11.4 Å².